The SMILES string of the molecule is CCCC(=O)c1cc(C(=N)/C(C)=C(\C)NC(=O)N[C@@H](CO)CNCCOC)cn(C)c1=O. The molecule has 178 valence electrons. The van der Waals surface area contributed by atoms with Crippen molar-refractivity contribution in [1.29, 1.82) is 5.41 Å². The van der Waals surface area contributed by atoms with Crippen molar-refractivity contribution in [2.24, 2.45) is 7.05 Å². The normalized spacial score (nSPS) is 12.7. The molecule has 0 aromatic carbocycles. The van der Waals surface area contributed by atoms with E-state index in [1.54, 1.807) is 21.0 Å². The molecule has 1 aromatic rings. The molecule has 0 aliphatic rings. The first-order valence-corrected chi connectivity index (χ1v) is 10.5. The molecule has 10 nitrogen and oxygen atoms in total. The number of carbonyl (C=O) groups is 2. The van der Waals surface area contributed by atoms with Crippen molar-refractivity contribution in [1.82, 2.24) is 20.5 Å². The van der Waals surface area contributed by atoms with Gasteiger partial charge in [-0.2, -0.15) is 0 Å². The van der Waals surface area contributed by atoms with Crippen LogP contribution in [0.3, 0.4) is 0 Å². The number of nitrogens with one attached hydrogen (secondary N) is 4. The maximum absolute atomic E-state index is 12.3. The van der Waals surface area contributed by atoms with Gasteiger partial charge in [-0.05, 0) is 31.9 Å². The fraction of sp³-hybridized carbons (Fsp3) is 0.545. The lowest BCUT2D eigenvalue weighted by Crippen LogP contribution is -2.48. The zero-order valence-electron chi connectivity index (χ0n) is 19.5. The fourth-order valence-electron chi connectivity index (χ4n) is 2.91. The summed E-state index contributed by atoms with van der Waals surface area (Å²) in [4.78, 5) is 36.9. The number of Topliss-reactive ketones (excluding diaryl/α,β-unsaturated/α-hetero) is 1. The molecule has 5 N–H and O–H groups in total. The Balaban J connectivity index is 2.93. The third-order valence-corrected chi connectivity index (χ3v) is 4.92. The average Bonchev–Trinajstić information content (AvgIpc) is 2.76. The highest BCUT2D eigenvalue weighted by atomic mass is 16.5. The minimum Gasteiger partial charge on any atom is -0.394 e. The summed E-state index contributed by atoms with van der Waals surface area (Å²) >= 11 is 0. The molecule has 1 aromatic heterocycles. The molecule has 0 fully saturated rings. The number of aromatic nitrogens is 1. The van der Waals surface area contributed by atoms with Crippen LogP contribution in [0.4, 0.5) is 4.79 Å². The second-order valence-electron chi connectivity index (χ2n) is 7.53. The summed E-state index contributed by atoms with van der Waals surface area (Å²) in [6, 6.07) is 0.434. The van der Waals surface area contributed by atoms with Gasteiger partial charge >= 0.3 is 6.03 Å². The van der Waals surface area contributed by atoms with Crippen molar-refractivity contribution in [2.45, 2.75) is 39.7 Å². The second-order valence-corrected chi connectivity index (χ2v) is 7.53. The van der Waals surface area contributed by atoms with E-state index in [4.69, 9.17) is 10.1 Å². The molecular weight excluding hydrogens is 414 g/mol. The number of urea groups is 1. The first kappa shape index (κ1) is 27.2. The molecular formula is C22H35N5O5. The zero-order valence-corrected chi connectivity index (χ0v) is 19.5. The number of allylic oxidation sites excluding steroid dienone is 2. The molecule has 10 heteroatoms. The smallest absolute Gasteiger partial charge is 0.319 e. The summed E-state index contributed by atoms with van der Waals surface area (Å²) < 4.78 is 6.22. The molecule has 2 amide bonds. The highest BCUT2D eigenvalue weighted by Gasteiger charge is 2.17. The van der Waals surface area contributed by atoms with Crippen LogP contribution in [0.2, 0.25) is 0 Å². The molecule has 0 unspecified atom stereocenters. The van der Waals surface area contributed by atoms with Crippen LogP contribution in [0.1, 0.15) is 49.5 Å². The number of hydrogen-bond donors (Lipinski definition) is 5. The number of ether oxygens (including phenoxy) is 1. The van der Waals surface area contributed by atoms with Crippen LogP contribution in [-0.2, 0) is 11.8 Å². The Morgan fingerprint density at radius 3 is 2.59 bits per heavy atom. The monoisotopic (exact) mass is 449 g/mol. The van der Waals surface area contributed by atoms with E-state index < -0.39 is 17.6 Å². The lowest BCUT2D eigenvalue weighted by molar-refractivity contribution is 0.0979. The van der Waals surface area contributed by atoms with Crippen molar-refractivity contribution in [3.63, 3.8) is 0 Å². The number of pyridine rings is 1. The van der Waals surface area contributed by atoms with Crippen molar-refractivity contribution >= 4 is 17.5 Å². The van der Waals surface area contributed by atoms with Crippen molar-refractivity contribution in [3.05, 3.63) is 45.0 Å². The molecule has 1 rings (SSSR count). The molecule has 0 saturated heterocycles. The van der Waals surface area contributed by atoms with Gasteiger partial charge in [0.2, 0.25) is 0 Å². The van der Waals surface area contributed by atoms with Crippen molar-refractivity contribution in [2.75, 3.05) is 33.4 Å². The minimum atomic E-state index is -0.512. The van der Waals surface area contributed by atoms with E-state index >= 15 is 0 Å². The van der Waals surface area contributed by atoms with E-state index in [-0.39, 0.29) is 30.1 Å². The molecule has 1 atom stereocenters. The maximum atomic E-state index is 12.3. The Kier molecular flexibility index (Phi) is 11.5. The van der Waals surface area contributed by atoms with Crippen LogP contribution >= 0.6 is 0 Å². The van der Waals surface area contributed by atoms with Crippen LogP contribution in [0.15, 0.2) is 28.3 Å². The predicted octanol–water partition coefficient (Wildman–Crippen LogP) is 0.926. The van der Waals surface area contributed by atoms with E-state index in [1.165, 1.54) is 23.9 Å². The fourth-order valence-corrected chi connectivity index (χ4v) is 2.91. The molecule has 0 bridgehead atoms. The molecule has 32 heavy (non-hydrogen) atoms. The number of nitrogens with zero attached hydrogens (tertiary/aromatic N) is 1. The van der Waals surface area contributed by atoms with Gasteiger partial charge in [0.1, 0.15) is 0 Å². The highest BCUT2D eigenvalue weighted by Crippen LogP contribution is 2.12. The Labute approximate surface area is 188 Å². The van der Waals surface area contributed by atoms with E-state index in [1.807, 2.05) is 6.92 Å². The number of aryl methyl sites for hydroxylation is 1. The van der Waals surface area contributed by atoms with Crippen LogP contribution in [-0.4, -0.2) is 66.7 Å². The zero-order chi connectivity index (χ0) is 24.3. The number of rotatable bonds is 13. The van der Waals surface area contributed by atoms with E-state index in [9.17, 15) is 19.5 Å². The molecule has 0 saturated carbocycles. The van der Waals surface area contributed by atoms with Gasteiger partial charge in [0.25, 0.3) is 5.56 Å². The molecule has 1 heterocycles. The average molecular weight is 450 g/mol. The first-order chi connectivity index (χ1) is 15.2. The van der Waals surface area contributed by atoms with E-state index in [0.717, 1.165) is 0 Å². The third-order valence-electron chi connectivity index (χ3n) is 4.92. The predicted molar refractivity (Wildman–Crippen MR) is 123 cm³/mol. The number of carbonyl (C=O) groups excluding carboxylic acids is 2. The Bertz CT molecular complexity index is 906. The lowest BCUT2D eigenvalue weighted by atomic mass is 10.00. The topological polar surface area (TPSA) is 146 Å². The molecule has 0 aliphatic carbocycles. The minimum absolute atomic E-state index is 0.0551. The van der Waals surface area contributed by atoms with E-state index in [0.29, 0.717) is 43.0 Å². The van der Waals surface area contributed by atoms with Gasteiger partial charge in [-0.1, -0.05) is 6.92 Å². The molecule has 0 radical (unpaired) electrons. The Morgan fingerprint density at radius 1 is 1.31 bits per heavy atom. The van der Waals surface area contributed by atoms with Crippen LogP contribution in [0.25, 0.3) is 0 Å². The molecule has 0 aliphatic heterocycles. The number of aliphatic hydroxyl groups is 1. The van der Waals surface area contributed by atoms with Crippen LogP contribution < -0.4 is 21.5 Å². The van der Waals surface area contributed by atoms with Crippen molar-refractivity contribution in [3.8, 4) is 0 Å². The largest absolute Gasteiger partial charge is 0.394 e. The number of amides is 2. The number of ketones is 1. The summed E-state index contributed by atoms with van der Waals surface area (Å²) in [5, 5.41) is 26.4. The summed E-state index contributed by atoms with van der Waals surface area (Å²) in [6.07, 6.45) is 2.38. The van der Waals surface area contributed by atoms with Crippen LogP contribution in [0, 0.1) is 5.41 Å². The summed E-state index contributed by atoms with van der Waals surface area (Å²) in [6.45, 7) is 6.43. The Morgan fingerprint density at radius 2 is 2.00 bits per heavy atom. The van der Waals surface area contributed by atoms with Gasteiger partial charge in [0, 0.05) is 51.1 Å². The van der Waals surface area contributed by atoms with Crippen LogP contribution in [0.5, 0.6) is 0 Å². The van der Waals surface area contributed by atoms with Crippen molar-refractivity contribution < 1.29 is 19.4 Å². The lowest BCUT2D eigenvalue weighted by Gasteiger charge is -2.18. The molecule has 0 spiro atoms. The number of hydrogen-bond acceptors (Lipinski definition) is 7. The number of aliphatic hydroxyl groups excluding tert-OH is 1. The van der Waals surface area contributed by atoms with E-state index in [2.05, 4.69) is 16.0 Å². The highest BCUT2D eigenvalue weighted by molar-refractivity contribution is 6.11. The summed E-state index contributed by atoms with van der Waals surface area (Å²) in [7, 11) is 3.12. The summed E-state index contributed by atoms with van der Waals surface area (Å²) in [5.41, 5.74) is 1.06. The van der Waals surface area contributed by atoms with Gasteiger partial charge in [-0.15, -0.1) is 0 Å². The summed E-state index contributed by atoms with van der Waals surface area (Å²) in [5.74, 6) is -0.257. The maximum Gasteiger partial charge on any atom is 0.319 e. The van der Waals surface area contributed by atoms with Gasteiger partial charge < -0.3 is 30.4 Å². The third kappa shape index (κ3) is 8.03. The quantitative estimate of drug-likeness (QED) is 0.172. The standard InChI is InChI=1S/C22H35N5O5/c1-6-7-19(29)18-10-16(12-27(4)21(18)30)20(23)14(2)15(3)25-22(31)26-17(13-28)11-24-8-9-32-5/h10,12,17,23-24,28H,6-9,11,13H2,1-5H3,(H2,25,26,31)/b15-14+,23-20?/t17-/m1/s1. The van der Waals surface area contributed by atoms with Gasteiger partial charge in [-0.3, -0.25) is 15.0 Å². The first-order valence-electron chi connectivity index (χ1n) is 10.5. The number of methoxy groups -OCH3 is 1. The Hall–Kier alpha value is -2.82. The van der Waals surface area contributed by atoms with Gasteiger partial charge in [0.05, 0.1) is 30.5 Å². The van der Waals surface area contributed by atoms with Gasteiger partial charge in [0.15, 0.2) is 5.78 Å². The van der Waals surface area contributed by atoms with Gasteiger partial charge in [-0.25, -0.2) is 4.79 Å². The second kappa shape index (κ2) is 13.6.